The molecule has 15 heavy (non-hydrogen) atoms. The van der Waals surface area contributed by atoms with Gasteiger partial charge in [0.05, 0.1) is 5.56 Å². The number of halogens is 1. The van der Waals surface area contributed by atoms with Crippen LogP contribution in [0.25, 0.3) is 0 Å². The van der Waals surface area contributed by atoms with Crippen molar-refractivity contribution in [1.82, 2.24) is 5.32 Å². The van der Waals surface area contributed by atoms with Gasteiger partial charge in [0.1, 0.15) is 6.17 Å². The second-order valence-electron chi connectivity index (χ2n) is 3.72. The Kier molecular flexibility index (Phi) is 2.75. The van der Waals surface area contributed by atoms with Gasteiger partial charge in [-0.15, -0.1) is 11.3 Å². The minimum atomic E-state index is -0.912. The van der Waals surface area contributed by atoms with Gasteiger partial charge in [0, 0.05) is 28.8 Å². The van der Waals surface area contributed by atoms with Crippen molar-refractivity contribution in [2.24, 2.45) is 0 Å². The number of aromatic carboxylic acids is 1. The summed E-state index contributed by atoms with van der Waals surface area (Å²) in [5, 5.41) is 11.9. The lowest BCUT2D eigenvalue weighted by molar-refractivity contribution is 0.0696. The SMILES string of the molecule is Cc1sc([C@@H]2C[C@@H](F)CN2)cc1C(=O)O. The molecule has 0 aliphatic carbocycles. The number of rotatable bonds is 2. The van der Waals surface area contributed by atoms with Gasteiger partial charge in [0.2, 0.25) is 0 Å². The van der Waals surface area contributed by atoms with Gasteiger partial charge >= 0.3 is 5.97 Å². The summed E-state index contributed by atoms with van der Waals surface area (Å²) in [5.74, 6) is -0.912. The molecule has 1 fully saturated rings. The van der Waals surface area contributed by atoms with Gasteiger partial charge in [-0.05, 0) is 13.0 Å². The summed E-state index contributed by atoms with van der Waals surface area (Å²) in [6, 6.07) is 1.63. The van der Waals surface area contributed by atoms with Gasteiger partial charge in [-0.25, -0.2) is 9.18 Å². The number of carbonyl (C=O) groups is 1. The van der Waals surface area contributed by atoms with Crippen molar-refractivity contribution in [3.8, 4) is 0 Å². The van der Waals surface area contributed by atoms with E-state index in [1.165, 1.54) is 11.3 Å². The maximum atomic E-state index is 13.0. The molecule has 3 nitrogen and oxygen atoms in total. The third-order valence-electron chi connectivity index (χ3n) is 2.59. The molecule has 0 spiro atoms. The molecule has 2 N–H and O–H groups in total. The average molecular weight is 229 g/mol. The van der Waals surface area contributed by atoms with Gasteiger partial charge in [-0.2, -0.15) is 0 Å². The number of aryl methyl sites for hydroxylation is 1. The van der Waals surface area contributed by atoms with E-state index < -0.39 is 12.1 Å². The van der Waals surface area contributed by atoms with Crippen LogP contribution in [-0.4, -0.2) is 23.8 Å². The van der Waals surface area contributed by atoms with E-state index >= 15 is 0 Å². The molecule has 1 aliphatic rings. The molecular weight excluding hydrogens is 217 g/mol. The molecule has 0 amide bonds. The molecule has 2 atom stereocenters. The van der Waals surface area contributed by atoms with E-state index in [1.807, 2.05) is 0 Å². The minimum Gasteiger partial charge on any atom is -0.478 e. The molecule has 0 radical (unpaired) electrons. The highest BCUT2D eigenvalue weighted by atomic mass is 32.1. The molecule has 5 heteroatoms. The quantitative estimate of drug-likeness (QED) is 0.816. The maximum absolute atomic E-state index is 13.0. The second-order valence-corrected chi connectivity index (χ2v) is 5.01. The summed E-state index contributed by atoms with van der Waals surface area (Å²) < 4.78 is 13.0. The third kappa shape index (κ3) is 2.03. The first-order valence-electron chi connectivity index (χ1n) is 4.79. The highest BCUT2D eigenvalue weighted by Gasteiger charge is 2.27. The summed E-state index contributed by atoms with van der Waals surface area (Å²) in [6.45, 7) is 2.14. The first kappa shape index (κ1) is 10.6. The molecule has 0 saturated carbocycles. The topological polar surface area (TPSA) is 49.3 Å². The Labute approximate surface area is 90.9 Å². The molecule has 82 valence electrons. The predicted molar refractivity (Wildman–Crippen MR) is 56.3 cm³/mol. The Morgan fingerprint density at radius 2 is 2.47 bits per heavy atom. The van der Waals surface area contributed by atoms with Gasteiger partial charge in [-0.1, -0.05) is 0 Å². The molecule has 2 rings (SSSR count). The largest absolute Gasteiger partial charge is 0.478 e. The molecule has 1 aromatic rings. The molecule has 1 aromatic heterocycles. The van der Waals surface area contributed by atoms with Crippen LogP contribution in [0.1, 0.15) is 32.6 Å². The highest BCUT2D eigenvalue weighted by molar-refractivity contribution is 7.12. The zero-order chi connectivity index (χ0) is 11.0. The van der Waals surface area contributed by atoms with Crippen LogP contribution in [0.4, 0.5) is 4.39 Å². The van der Waals surface area contributed by atoms with Crippen molar-refractivity contribution in [2.75, 3.05) is 6.54 Å². The predicted octanol–water partition coefficient (Wildman–Crippen LogP) is 2.13. The van der Waals surface area contributed by atoms with Gasteiger partial charge in [0.15, 0.2) is 0 Å². The summed E-state index contributed by atoms with van der Waals surface area (Å²) in [6.07, 6.45) is -0.371. The van der Waals surface area contributed by atoms with E-state index in [9.17, 15) is 9.18 Å². The smallest absolute Gasteiger partial charge is 0.336 e. The number of hydrogen-bond acceptors (Lipinski definition) is 3. The maximum Gasteiger partial charge on any atom is 0.336 e. The number of nitrogens with one attached hydrogen (secondary N) is 1. The molecule has 0 aromatic carbocycles. The Bertz CT molecular complexity index is 391. The lowest BCUT2D eigenvalue weighted by atomic mass is 10.1. The Hall–Kier alpha value is -0.940. The van der Waals surface area contributed by atoms with Crippen molar-refractivity contribution >= 4 is 17.3 Å². The zero-order valence-electron chi connectivity index (χ0n) is 8.29. The van der Waals surface area contributed by atoms with E-state index in [-0.39, 0.29) is 6.04 Å². The van der Waals surface area contributed by atoms with Gasteiger partial charge in [0.25, 0.3) is 0 Å². The van der Waals surface area contributed by atoms with E-state index in [1.54, 1.807) is 13.0 Å². The summed E-state index contributed by atoms with van der Waals surface area (Å²) in [5.41, 5.74) is 0.333. The fraction of sp³-hybridized carbons (Fsp3) is 0.500. The van der Waals surface area contributed by atoms with E-state index in [2.05, 4.69) is 5.32 Å². The van der Waals surface area contributed by atoms with Crippen LogP contribution in [-0.2, 0) is 0 Å². The molecule has 0 unspecified atom stereocenters. The molecule has 0 bridgehead atoms. The van der Waals surface area contributed by atoms with Crippen LogP contribution in [0, 0.1) is 6.92 Å². The fourth-order valence-electron chi connectivity index (χ4n) is 1.80. The van der Waals surface area contributed by atoms with E-state index in [4.69, 9.17) is 5.11 Å². The molecule has 1 aliphatic heterocycles. The van der Waals surface area contributed by atoms with Crippen LogP contribution in [0.2, 0.25) is 0 Å². The lowest BCUT2D eigenvalue weighted by Crippen LogP contribution is -2.12. The zero-order valence-corrected chi connectivity index (χ0v) is 9.10. The Morgan fingerprint density at radius 3 is 2.93 bits per heavy atom. The summed E-state index contributed by atoms with van der Waals surface area (Å²) in [4.78, 5) is 12.5. The standard InChI is InChI=1S/C10H12FNO2S/c1-5-7(10(13)14)3-9(15-5)8-2-6(11)4-12-8/h3,6,8,12H,2,4H2,1H3,(H,13,14)/t6-,8+/m1/s1. The highest BCUT2D eigenvalue weighted by Crippen LogP contribution is 2.32. The van der Waals surface area contributed by atoms with Crippen molar-refractivity contribution in [3.05, 3.63) is 21.4 Å². The normalized spacial score (nSPS) is 25.7. The van der Waals surface area contributed by atoms with E-state index in [0.29, 0.717) is 18.5 Å². The first-order valence-corrected chi connectivity index (χ1v) is 5.60. The number of thiophene rings is 1. The Morgan fingerprint density at radius 1 is 1.73 bits per heavy atom. The van der Waals surface area contributed by atoms with Gasteiger partial charge < -0.3 is 10.4 Å². The third-order valence-corrected chi connectivity index (χ3v) is 3.75. The van der Waals surface area contributed by atoms with Crippen LogP contribution >= 0.6 is 11.3 Å². The van der Waals surface area contributed by atoms with Crippen LogP contribution in [0.3, 0.4) is 0 Å². The van der Waals surface area contributed by atoms with Crippen molar-refractivity contribution in [1.29, 1.82) is 0 Å². The fourth-order valence-corrected chi connectivity index (χ4v) is 2.91. The average Bonchev–Trinajstić information content (AvgIpc) is 2.71. The first-order chi connectivity index (χ1) is 7.08. The number of carboxylic acids is 1. The molecule has 2 heterocycles. The Balaban J connectivity index is 2.23. The summed E-state index contributed by atoms with van der Waals surface area (Å²) >= 11 is 1.43. The summed E-state index contributed by atoms with van der Waals surface area (Å²) in [7, 11) is 0. The molecular formula is C10H12FNO2S. The number of alkyl halides is 1. The van der Waals surface area contributed by atoms with Crippen LogP contribution in [0.15, 0.2) is 6.07 Å². The number of hydrogen-bond donors (Lipinski definition) is 2. The molecule has 1 saturated heterocycles. The second kappa shape index (κ2) is 3.90. The van der Waals surface area contributed by atoms with Gasteiger partial charge in [-0.3, -0.25) is 0 Å². The lowest BCUT2D eigenvalue weighted by Gasteiger charge is -2.05. The van der Waals surface area contributed by atoms with Crippen molar-refractivity contribution < 1.29 is 14.3 Å². The van der Waals surface area contributed by atoms with Crippen LogP contribution in [0.5, 0.6) is 0 Å². The number of carboxylic acid groups (broad SMARTS) is 1. The van der Waals surface area contributed by atoms with Crippen LogP contribution < -0.4 is 5.32 Å². The van der Waals surface area contributed by atoms with E-state index in [0.717, 1.165) is 9.75 Å². The minimum absolute atomic E-state index is 0.0169. The van der Waals surface area contributed by atoms with Crippen molar-refractivity contribution in [2.45, 2.75) is 25.6 Å². The van der Waals surface area contributed by atoms with Crippen molar-refractivity contribution in [3.63, 3.8) is 0 Å². The monoisotopic (exact) mass is 229 g/mol.